The molecule has 0 bridgehead atoms. The molecule has 1 aromatic carbocycles. The summed E-state index contributed by atoms with van der Waals surface area (Å²) < 4.78 is 5.34. The number of nitrogens with one attached hydrogen (secondary N) is 1. The number of carboxylic acid groups (broad SMARTS) is 1. The summed E-state index contributed by atoms with van der Waals surface area (Å²) in [7, 11) is 1.71. The zero-order valence-electron chi connectivity index (χ0n) is 14.6. The van der Waals surface area contributed by atoms with Crippen LogP contribution in [-0.4, -0.2) is 54.3 Å². The monoisotopic (exact) mass is 332 g/mol. The summed E-state index contributed by atoms with van der Waals surface area (Å²) in [6.45, 7) is 3.00. The van der Waals surface area contributed by atoms with Gasteiger partial charge in [-0.25, -0.2) is 0 Å². The van der Waals surface area contributed by atoms with Gasteiger partial charge in [-0.3, -0.25) is 9.69 Å². The number of fused-ring (bicyclic) bond motifs is 1. The summed E-state index contributed by atoms with van der Waals surface area (Å²) in [5.74, 6) is 0.205. The predicted octanol–water partition coefficient (Wildman–Crippen LogP) is 2.08. The van der Waals surface area contributed by atoms with Crippen molar-refractivity contribution in [2.75, 3.05) is 20.2 Å². The van der Waals surface area contributed by atoms with Crippen LogP contribution in [0.3, 0.4) is 0 Å². The molecule has 1 aromatic rings. The molecule has 132 valence electrons. The van der Waals surface area contributed by atoms with Crippen molar-refractivity contribution in [1.29, 1.82) is 0 Å². The average Bonchev–Trinajstić information content (AvgIpc) is 2.55. The molecule has 5 nitrogen and oxygen atoms in total. The van der Waals surface area contributed by atoms with Gasteiger partial charge in [0.05, 0.1) is 13.7 Å². The van der Waals surface area contributed by atoms with E-state index in [9.17, 15) is 4.79 Å². The highest BCUT2D eigenvalue weighted by molar-refractivity contribution is 5.69. The van der Waals surface area contributed by atoms with E-state index in [1.165, 1.54) is 17.5 Å². The fourth-order valence-corrected chi connectivity index (χ4v) is 4.03. The van der Waals surface area contributed by atoms with E-state index in [0.717, 1.165) is 38.0 Å². The first-order valence-electron chi connectivity index (χ1n) is 8.96. The second-order valence-corrected chi connectivity index (χ2v) is 7.02. The van der Waals surface area contributed by atoms with E-state index >= 15 is 0 Å². The third kappa shape index (κ3) is 3.90. The molecule has 0 aliphatic heterocycles. The summed E-state index contributed by atoms with van der Waals surface area (Å²) >= 11 is 0. The fourth-order valence-electron chi connectivity index (χ4n) is 4.03. The number of hydrogen-bond donors (Lipinski definition) is 2. The Morgan fingerprint density at radius 2 is 2.12 bits per heavy atom. The number of ether oxygens (including phenoxy) is 1. The van der Waals surface area contributed by atoms with Gasteiger partial charge in [-0.2, -0.15) is 0 Å². The smallest absolute Gasteiger partial charge is 0.317 e. The third-order valence-corrected chi connectivity index (χ3v) is 5.49. The molecule has 1 unspecified atom stereocenters. The average molecular weight is 332 g/mol. The van der Waals surface area contributed by atoms with Crippen LogP contribution in [0.1, 0.15) is 37.3 Å². The van der Waals surface area contributed by atoms with E-state index in [2.05, 4.69) is 22.3 Å². The first-order valence-corrected chi connectivity index (χ1v) is 8.96. The number of nitrogens with zero attached hydrogens (tertiary/aromatic N) is 1. The van der Waals surface area contributed by atoms with Gasteiger partial charge in [0.15, 0.2) is 0 Å². The molecule has 0 spiro atoms. The Morgan fingerprint density at radius 1 is 1.33 bits per heavy atom. The van der Waals surface area contributed by atoms with E-state index in [0.29, 0.717) is 18.1 Å². The number of aliphatic carboxylic acids is 1. The van der Waals surface area contributed by atoms with Crippen LogP contribution in [0.2, 0.25) is 0 Å². The maximum Gasteiger partial charge on any atom is 0.317 e. The van der Waals surface area contributed by atoms with Crippen LogP contribution in [0.25, 0.3) is 0 Å². The fraction of sp³-hybridized carbons (Fsp3) is 0.632. The van der Waals surface area contributed by atoms with Gasteiger partial charge in [0, 0.05) is 18.1 Å². The number of carbonyl (C=O) groups is 1. The number of benzene rings is 1. The zero-order chi connectivity index (χ0) is 17.1. The van der Waals surface area contributed by atoms with Crippen LogP contribution < -0.4 is 10.1 Å². The molecule has 2 aliphatic carbocycles. The quantitative estimate of drug-likeness (QED) is 0.800. The molecule has 5 heteroatoms. The van der Waals surface area contributed by atoms with Gasteiger partial charge in [0.25, 0.3) is 0 Å². The minimum atomic E-state index is -0.730. The van der Waals surface area contributed by atoms with E-state index in [1.807, 2.05) is 13.0 Å². The van der Waals surface area contributed by atoms with Gasteiger partial charge in [-0.1, -0.05) is 13.0 Å². The molecule has 0 amide bonds. The van der Waals surface area contributed by atoms with Gasteiger partial charge >= 0.3 is 5.97 Å². The number of carboxylic acids is 1. The van der Waals surface area contributed by atoms with Crippen LogP contribution in [0.15, 0.2) is 18.2 Å². The summed E-state index contributed by atoms with van der Waals surface area (Å²) in [4.78, 5) is 13.0. The predicted molar refractivity (Wildman–Crippen MR) is 93.6 cm³/mol. The Labute approximate surface area is 144 Å². The second kappa shape index (κ2) is 7.53. The second-order valence-electron chi connectivity index (χ2n) is 7.02. The number of hydrogen-bond acceptors (Lipinski definition) is 4. The normalized spacial score (nSPS) is 25.9. The molecule has 2 N–H and O–H groups in total. The van der Waals surface area contributed by atoms with Gasteiger partial charge in [0.1, 0.15) is 5.75 Å². The maximum absolute atomic E-state index is 10.9. The molecule has 0 heterocycles. The lowest BCUT2D eigenvalue weighted by Crippen LogP contribution is -2.56. The highest BCUT2D eigenvalue weighted by Crippen LogP contribution is 2.29. The Hall–Kier alpha value is -1.59. The van der Waals surface area contributed by atoms with Crippen molar-refractivity contribution in [2.24, 2.45) is 0 Å². The summed E-state index contributed by atoms with van der Waals surface area (Å²) in [5.41, 5.74) is 2.84. The van der Waals surface area contributed by atoms with Crippen molar-refractivity contribution in [2.45, 2.75) is 57.2 Å². The molecule has 0 radical (unpaired) electrons. The molecule has 2 aliphatic rings. The Bertz CT molecular complexity index is 584. The summed E-state index contributed by atoms with van der Waals surface area (Å²) in [6.07, 6.45) is 5.46. The van der Waals surface area contributed by atoms with Crippen molar-refractivity contribution in [3.8, 4) is 5.75 Å². The molecule has 3 rings (SSSR count). The SMILES string of the molecule is CCN(CC(=O)O)C1CC(NC2CCc3ccc(OC)cc3C2)C1. The van der Waals surface area contributed by atoms with Crippen LogP contribution in [0.4, 0.5) is 0 Å². The van der Waals surface area contributed by atoms with Crippen LogP contribution in [0, 0.1) is 0 Å². The molecule has 1 fully saturated rings. The van der Waals surface area contributed by atoms with E-state index in [-0.39, 0.29) is 6.54 Å². The standard InChI is InChI=1S/C19H28N2O3/c1-3-21(12-19(22)23)17-10-16(11-17)20-15-6-4-13-5-7-18(24-2)9-14(13)8-15/h5,7,9,15-17,20H,3-4,6,8,10-12H2,1-2H3,(H,22,23). The molecule has 24 heavy (non-hydrogen) atoms. The zero-order valence-corrected chi connectivity index (χ0v) is 14.6. The lowest BCUT2D eigenvalue weighted by Gasteiger charge is -2.44. The van der Waals surface area contributed by atoms with E-state index < -0.39 is 5.97 Å². The number of rotatable bonds is 7. The third-order valence-electron chi connectivity index (χ3n) is 5.49. The first-order chi connectivity index (χ1) is 11.6. The largest absolute Gasteiger partial charge is 0.497 e. The summed E-state index contributed by atoms with van der Waals surface area (Å²) in [6, 6.07) is 7.86. The van der Waals surface area contributed by atoms with Gasteiger partial charge in [-0.15, -0.1) is 0 Å². The molecule has 0 saturated heterocycles. The molecular weight excluding hydrogens is 304 g/mol. The lowest BCUT2D eigenvalue weighted by molar-refractivity contribution is -0.139. The number of likely N-dealkylation sites (N-methyl/N-ethyl adjacent to an activating group) is 1. The van der Waals surface area contributed by atoms with Crippen molar-refractivity contribution in [3.05, 3.63) is 29.3 Å². The molecule has 1 saturated carbocycles. The van der Waals surface area contributed by atoms with Crippen LogP contribution in [0.5, 0.6) is 5.75 Å². The van der Waals surface area contributed by atoms with Crippen LogP contribution in [-0.2, 0) is 17.6 Å². The van der Waals surface area contributed by atoms with E-state index in [4.69, 9.17) is 9.84 Å². The lowest BCUT2D eigenvalue weighted by atomic mass is 9.82. The van der Waals surface area contributed by atoms with Gasteiger partial charge in [0.2, 0.25) is 0 Å². The molecule has 1 atom stereocenters. The van der Waals surface area contributed by atoms with Gasteiger partial charge in [-0.05, 0) is 61.9 Å². The Balaban J connectivity index is 1.49. The maximum atomic E-state index is 10.9. The first kappa shape index (κ1) is 17.2. The van der Waals surface area contributed by atoms with Crippen molar-refractivity contribution in [1.82, 2.24) is 10.2 Å². The number of methoxy groups -OCH3 is 1. The topological polar surface area (TPSA) is 61.8 Å². The minimum Gasteiger partial charge on any atom is -0.497 e. The highest BCUT2D eigenvalue weighted by atomic mass is 16.5. The van der Waals surface area contributed by atoms with Gasteiger partial charge < -0.3 is 15.2 Å². The van der Waals surface area contributed by atoms with Crippen molar-refractivity contribution < 1.29 is 14.6 Å². The highest BCUT2D eigenvalue weighted by Gasteiger charge is 2.35. The Kier molecular flexibility index (Phi) is 5.41. The van der Waals surface area contributed by atoms with Crippen molar-refractivity contribution in [3.63, 3.8) is 0 Å². The van der Waals surface area contributed by atoms with E-state index in [1.54, 1.807) is 7.11 Å². The number of aryl methyl sites for hydroxylation is 1. The summed E-state index contributed by atoms with van der Waals surface area (Å²) in [5, 5.41) is 12.8. The minimum absolute atomic E-state index is 0.157. The Morgan fingerprint density at radius 3 is 2.79 bits per heavy atom. The molecular formula is C19H28N2O3. The van der Waals surface area contributed by atoms with Crippen molar-refractivity contribution >= 4 is 5.97 Å². The molecule has 0 aromatic heterocycles. The van der Waals surface area contributed by atoms with Crippen LogP contribution >= 0.6 is 0 Å².